The largest absolute Gasteiger partial charge is 0.497 e. The molecule has 0 radical (unpaired) electrons. The van der Waals surface area contributed by atoms with E-state index in [0.717, 1.165) is 44.4 Å². The number of aliphatic imine (C=N–C) groups is 1. The van der Waals surface area contributed by atoms with Gasteiger partial charge in [-0.3, -0.25) is 4.99 Å². The molecule has 1 N–H and O–H groups in total. The van der Waals surface area contributed by atoms with Crippen molar-refractivity contribution >= 4 is 47.0 Å². The van der Waals surface area contributed by atoms with Gasteiger partial charge >= 0.3 is 0 Å². The lowest BCUT2D eigenvalue weighted by atomic mass is 10.1. The maximum atomic E-state index is 5.34. The van der Waals surface area contributed by atoms with Gasteiger partial charge in [-0.25, -0.2) is 0 Å². The Bertz CT molecular complexity index is 715. The fraction of sp³-hybridized carbons (Fsp3) is 0.450. The Kier molecular flexibility index (Phi) is 8.69. The molecule has 0 spiro atoms. The Balaban J connectivity index is 0.00000261. The lowest BCUT2D eigenvalue weighted by Gasteiger charge is -2.38. The molecule has 1 fully saturated rings. The molecule has 1 atom stereocenters. The Labute approximate surface area is 183 Å². The molecule has 1 unspecified atom stereocenters. The van der Waals surface area contributed by atoms with Crippen molar-refractivity contribution in [1.29, 1.82) is 0 Å². The fourth-order valence-electron chi connectivity index (χ4n) is 3.23. The second-order valence-electron chi connectivity index (χ2n) is 6.52. The molecule has 7 heteroatoms. The summed E-state index contributed by atoms with van der Waals surface area (Å²) in [4.78, 5) is 10.6. The number of nitrogens with zero attached hydrogens (tertiary/aromatic N) is 3. The third-order valence-corrected chi connectivity index (χ3v) is 5.91. The number of methoxy groups -OCH3 is 1. The van der Waals surface area contributed by atoms with E-state index in [1.807, 2.05) is 30.5 Å². The highest BCUT2D eigenvalue weighted by Gasteiger charge is 2.20. The number of ether oxygens (including phenoxy) is 1. The molecular formula is C20H29IN4OS. The summed E-state index contributed by atoms with van der Waals surface area (Å²) < 4.78 is 5.34. The van der Waals surface area contributed by atoms with Crippen LogP contribution in [0.1, 0.15) is 17.7 Å². The first-order valence-corrected chi connectivity index (χ1v) is 9.97. The van der Waals surface area contributed by atoms with Crippen molar-refractivity contribution < 1.29 is 4.74 Å². The Hall–Kier alpha value is -1.48. The van der Waals surface area contributed by atoms with Crippen LogP contribution in [-0.4, -0.2) is 57.7 Å². The quantitative estimate of drug-likeness (QED) is 0.385. The molecule has 0 amide bonds. The molecule has 5 nitrogen and oxygen atoms in total. The van der Waals surface area contributed by atoms with E-state index >= 15 is 0 Å². The Morgan fingerprint density at radius 3 is 2.63 bits per heavy atom. The molecule has 148 valence electrons. The maximum Gasteiger partial charge on any atom is 0.193 e. The second-order valence-corrected chi connectivity index (χ2v) is 7.50. The zero-order valence-corrected chi connectivity index (χ0v) is 19.4. The van der Waals surface area contributed by atoms with Crippen LogP contribution in [0, 0.1) is 0 Å². The number of hydrogen-bond acceptors (Lipinski definition) is 4. The van der Waals surface area contributed by atoms with Crippen LogP contribution in [0.15, 0.2) is 46.8 Å². The number of benzene rings is 1. The average Bonchev–Trinajstić information content (AvgIpc) is 3.24. The molecule has 1 saturated heterocycles. The molecule has 1 aromatic carbocycles. The first-order valence-electron chi connectivity index (χ1n) is 9.09. The van der Waals surface area contributed by atoms with Crippen LogP contribution in [0.25, 0.3) is 0 Å². The van der Waals surface area contributed by atoms with Crippen molar-refractivity contribution in [2.75, 3.05) is 51.8 Å². The van der Waals surface area contributed by atoms with Crippen LogP contribution in [0.4, 0.5) is 5.69 Å². The minimum Gasteiger partial charge on any atom is -0.497 e. The zero-order valence-electron chi connectivity index (χ0n) is 16.2. The molecule has 2 heterocycles. The number of nitrogens with one attached hydrogen (secondary N) is 1. The summed E-state index contributed by atoms with van der Waals surface area (Å²) in [5.74, 6) is 2.40. The highest BCUT2D eigenvalue weighted by atomic mass is 127. The van der Waals surface area contributed by atoms with E-state index in [0.29, 0.717) is 5.92 Å². The predicted octanol–water partition coefficient (Wildman–Crippen LogP) is 3.88. The monoisotopic (exact) mass is 500 g/mol. The van der Waals surface area contributed by atoms with E-state index in [2.05, 4.69) is 56.7 Å². The Morgan fingerprint density at radius 2 is 2.00 bits per heavy atom. The first kappa shape index (κ1) is 21.8. The second kappa shape index (κ2) is 10.8. The number of piperazine rings is 1. The molecule has 3 rings (SSSR count). The fourth-order valence-corrected chi connectivity index (χ4v) is 4.02. The number of guanidine groups is 1. The predicted molar refractivity (Wildman–Crippen MR) is 126 cm³/mol. The van der Waals surface area contributed by atoms with Gasteiger partial charge in [-0.15, -0.1) is 35.3 Å². The van der Waals surface area contributed by atoms with Crippen LogP contribution in [-0.2, 0) is 0 Å². The SMILES string of the molecule is CN=C(NCC(C)c1cccs1)N1CCN(c2cccc(OC)c2)CC1.I. The molecule has 2 aromatic rings. The number of thiophene rings is 1. The zero-order chi connectivity index (χ0) is 18.4. The molecule has 27 heavy (non-hydrogen) atoms. The summed E-state index contributed by atoms with van der Waals surface area (Å²) in [5.41, 5.74) is 1.22. The van der Waals surface area contributed by atoms with E-state index in [1.54, 1.807) is 7.11 Å². The minimum absolute atomic E-state index is 0. The van der Waals surface area contributed by atoms with Crippen molar-refractivity contribution in [3.8, 4) is 5.75 Å². The molecule has 0 saturated carbocycles. The van der Waals surface area contributed by atoms with Gasteiger partial charge in [0.25, 0.3) is 0 Å². The molecule has 0 bridgehead atoms. The molecule has 0 aliphatic carbocycles. The maximum absolute atomic E-state index is 5.34. The van der Waals surface area contributed by atoms with E-state index in [9.17, 15) is 0 Å². The van der Waals surface area contributed by atoms with Crippen LogP contribution >= 0.6 is 35.3 Å². The van der Waals surface area contributed by atoms with Crippen LogP contribution in [0.5, 0.6) is 5.75 Å². The van der Waals surface area contributed by atoms with Gasteiger partial charge in [0, 0.05) is 62.3 Å². The molecular weight excluding hydrogens is 471 g/mol. The van der Waals surface area contributed by atoms with Crippen molar-refractivity contribution in [2.24, 2.45) is 4.99 Å². The third-order valence-electron chi connectivity index (χ3n) is 4.80. The minimum atomic E-state index is 0. The van der Waals surface area contributed by atoms with Crippen LogP contribution in [0.3, 0.4) is 0 Å². The standard InChI is InChI=1S/C20H28N4OS.HI/c1-16(19-8-5-13-26-19)15-22-20(21-2)24-11-9-23(10-12-24)17-6-4-7-18(14-17)25-3;/h4-8,13-14,16H,9-12,15H2,1-3H3,(H,21,22);1H. The van der Waals surface area contributed by atoms with Crippen molar-refractivity contribution in [2.45, 2.75) is 12.8 Å². The highest BCUT2D eigenvalue weighted by molar-refractivity contribution is 14.0. The first-order chi connectivity index (χ1) is 12.7. The summed E-state index contributed by atoms with van der Waals surface area (Å²) in [6, 6.07) is 12.6. The summed E-state index contributed by atoms with van der Waals surface area (Å²) in [6.45, 7) is 7.05. The smallest absolute Gasteiger partial charge is 0.193 e. The van der Waals surface area contributed by atoms with Gasteiger partial charge in [-0.05, 0) is 23.6 Å². The number of rotatable bonds is 5. The summed E-state index contributed by atoms with van der Waals surface area (Å²) in [5, 5.41) is 5.68. The van der Waals surface area contributed by atoms with E-state index in [-0.39, 0.29) is 24.0 Å². The van der Waals surface area contributed by atoms with Gasteiger partial charge in [-0.1, -0.05) is 19.1 Å². The summed E-state index contributed by atoms with van der Waals surface area (Å²) in [7, 11) is 3.58. The lowest BCUT2D eigenvalue weighted by Crippen LogP contribution is -2.53. The van der Waals surface area contributed by atoms with Gasteiger partial charge < -0.3 is 19.9 Å². The Morgan fingerprint density at radius 1 is 1.22 bits per heavy atom. The number of anilines is 1. The topological polar surface area (TPSA) is 40.1 Å². The van der Waals surface area contributed by atoms with Crippen molar-refractivity contribution in [3.63, 3.8) is 0 Å². The summed E-state index contributed by atoms with van der Waals surface area (Å²) in [6.07, 6.45) is 0. The van der Waals surface area contributed by atoms with E-state index < -0.39 is 0 Å². The van der Waals surface area contributed by atoms with Crippen LogP contribution in [0.2, 0.25) is 0 Å². The van der Waals surface area contributed by atoms with Gasteiger partial charge in [0.2, 0.25) is 0 Å². The number of halogens is 1. The van der Waals surface area contributed by atoms with Crippen molar-refractivity contribution in [3.05, 3.63) is 46.7 Å². The molecule has 1 aromatic heterocycles. The van der Waals surface area contributed by atoms with Crippen LogP contribution < -0.4 is 15.0 Å². The van der Waals surface area contributed by atoms with E-state index in [1.165, 1.54) is 10.6 Å². The molecule has 1 aliphatic rings. The summed E-state index contributed by atoms with van der Waals surface area (Å²) >= 11 is 1.82. The average molecular weight is 500 g/mol. The lowest BCUT2D eigenvalue weighted by molar-refractivity contribution is 0.371. The van der Waals surface area contributed by atoms with Gasteiger partial charge in [0.05, 0.1) is 7.11 Å². The normalized spacial score (nSPS) is 15.9. The van der Waals surface area contributed by atoms with Crippen molar-refractivity contribution in [1.82, 2.24) is 10.2 Å². The number of hydrogen-bond donors (Lipinski definition) is 1. The van der Waals surface area contributed by atoms with Gasteiger partial charge in [0.15, 0.2) is 5.96 Å². The third kappa shape index (κ3) is 5.75. The highest BCUT2D eigenvalue weighted by Crippen LogP contribution is 2.22. The van der Waals surface area contributed by atoms with Gasteiger partial charge in [0.1, 0.15) is 5.75 Å². The molecule has 1 aliphatic heterocycles. The van der Waals surface area contributed by atoms with E-state index in [4.69, 9.17) is 4.74 Å². The van der Waals surface area contributed by atoms with Gasteiger partial charge in [-0.2, -0.15) is 0 Å².